The first-order chi connectivity index (χ1) is 12.1. The molecule has 0 unspecified atom stereocenters. The molecule has 1 atom stereocenters. The van der Waals surface area contributed by atoms with Crippen LogP contribution in [-0.4, -0.2) is 40.0 Å². The zero-order valence-corrected chi connectivity index (χ0v) is 14.8. The van der Waals surface area contributed by atoms with Gasteiger partial charge in [0, 0.05) is 42.5 Å². The van der Waals surface area contributed by atoms with E-state index in [-0.39, 0.29) is 17.8 Å². The molecule has 25 heavy (non-hydrogen) atoms. The molecule has 1 fully saturated rings. The number of carbonyl (C=O) groups excluding carboxylic acids is 1. The lowest BCUT2D eigenvalue weighted by atomic mass is 10.0. The maximum absolute atomic E-state index is 14.4. The standard InChI is InChI=1S/C18H22ClFN4O/c19-14-4-3-5-15(20)18(14)16(24-8-1-2-9-24)12-22-17(25)6-10-23-11-7-21-13-23/h3-5,7,11,13,16H,1-2,6,8-10,12H2,(H,22,25)/t16-/m0/s1. The molecule has 1 aromatic heterocycles. The summed E-state index contributed by atoms with van der Waals surface area (Å²) < 4.78 is 16.2. The van der Waals surface area contributed by atoms with Gasteiger partial charge in [0.25, 0.3) is 0 Å². The molecule has 3 rings (SSSR count). The number of likely N-dealkylation sites (tertiary alicyclic amines) is 1. The second kappa shape index (κ2) is 8.45. The van der Waals surface area contributed by atoms with Crippen LogP contribution in [0.3, 0.4) is 0 Å². The van der Waals surface area contributed by atoms with E-state index in [2.05, 4.69) is 15.2 Å². The Labute approximate surface area is 151 Å². The molecule has 2 heterocycles. The van der Waals surface area contributed by atoms with Crippen molar-refractivity contribution >= 4 is 17.5 Å². The van der Waals surface area contributed by atoms with Gasteiger partial charge in [0.15, 0.2) is 0 Å². The van der Waals surface area contributed by atoms with Gasteiger partial charge in [0.05, 0.1) is 12.4 Å². The van der Waals surface area contributed by atoms with E-state index < -0.39 is 0 Å². The molecule has 1 amide bonds. The second-order valence-electron chi connectivity index (χ2n) is 6.25. The normalized spacial score (nSPS) is 16.1. The molecule has 2 aromatic rings. The highest BCUT2D eigenvalue weighted by atomic mass is 35.5. The van der Waals surface area contributed by atoms with Crippen LogP contribution in [0.5, 0.6) is 0 Å². The van der Waals surface area contributed by atoms with E-state index in [1.165, 1.54) is 6.07 Å². The van der Waals surface area contributed by atoms with Crippen molar-refractivity contribution in [3.63, 3.8) is 0 Å². The predicted molar refractivity (Wildman–Crippen MR) is 94.8 cm³/mol. The first-order valence-corrected chi connectivity index (χ1v) is 8.93. The van der Waals surface area contributed by atoms with Crippen LogP contribution in [-0.2, 0) is 11.3 Å². The number of aryl methyl sites for hydroxylation is 1. The molecular weight excluding hydrogens is 343 g/mol. The number of imidazole rings is 1. The van der Waals surface area contributed by atoms with Crippen LogP contribution in [0.4, 0.5) is 4.39 Å². The van der Waals surface area contributed by atoms with E-state index in [4.69, 9.17) is 11.6 Å². The van der Waals surface area contributed by atoms with E-state index >= 15 is 0 Å². The summed E-state index contributed by atoms with van der Waals surface area (Å²) in [5.41, 5.74) is 0.473. The highest BCUT2D eigenvalue weighted by Crippen LogP contribution is 2.31. The van der Waals surface area contributed by atoms with Crippen LogP contribution in [0.2, 0.25) is 5.02 Å². The molecule has 1 N–H and O–H groups in total. The van der Waals surface area contributed by atoms with E-state index in [9.17, 15) is 9.18 Å². The molecule has 0 bridgehead atoms. The number of rotatable bonds is 7. The van der Waals surface area contributed by atoms with Crippen LogP contribution >= 0.6 is 11.6 Å². The van der Waals surface area contributed by atoms with Crippen molar-refractivity contribution in [1.82, 2.24) is 19.8 Å². The third-order valence-corrected chi connectivity index (χ3v) is 4.89. The van der Waals surface area contributed by atoms with Crippen molar-refractivity contribution in [3.05, 3.63) is 53.3 Å². The summed E-state index contributed by atoms with van der Waals surface area (Å²) in [6.45, 7) is 2.70. The van der Waals surface area contributed by atoms with Gasteiger partial charge in [0.1, 0.15) is 5.82 Å². The Morgan fingerprint density at radius 3 is 2.84 bits per heavy atom. The lowest BCUT2D eigenvalue weighted by Crippen LogP contribution is -2.37. The summed E-state index contributed by atoms with van der Waals surface area (Å²) in [6.07, 6.45) is 7.70. The molecule has 0 saturated carbocycles. The van der Waals surface area contributed by atoms with Gasteiger partial charge in [-0.2, -0.15) is 0 Å². The van der Waals surface area contributed by atoms with Gasteiger partial charge in [-0.25, -0.2) is 9.37 Å². The van der Waals surface area contributed by atoms with Gasteiger partial charge in [-0.1, -0.05) is 17.7 Å². The van der Waals surface area contributed by atoms with Gasteiger partial charge >= 0.3 is 0 Å². The summed E-state index contributed by atoms with van der Waals surface area (Å²) in [7, 11) is 0. The second-order valence-corrected chi connectivity index (χ2v) is 6.66. The Hall–Kier alpha value is -1.92. The topological polar surface area (TPSA) is 50.2 Å². The Balaban J connectivity index is 1.65. The quantitative estimate of drug-likeness (QED) is 0.821. The summed E-state index contributed by atoms with van der Waals surface area (Å²) >= 11 is 6.26. The average molecular weight is 365 g/mol. The minimum atomic E-state index is -0.322. The number of halogens is 2. The highest BCUT2D eigenvalue weighted by Gasteiger charge is 2.28. The van der Waals surface area contributed by atoms with Crippen LogP contribution in [0.1, 0.15) is 30.9 Å². The summed E-state index contributed by atoms with van der Waals surface area (Å²) in [5.74, 6) is -0.387. The maximum atomic E-state index is 14.4. The lowest BCUT2D eigenvalue weighted by Gasteiger charge is -2.29. The minimum absolute atomic E-state index is 0.0645. The first-order valence-electron chi connectivity index (χ1n) is 8.55. The van der Waals surface area contributed by atoms with Crippen molar-refractivity contribution in [2.75, 3.05) is 19.6 Å². The Morgan fingerprint density at radius 1 is 1.36 bits per heavy atom. The molecule has 1 saturated heterocycles. The average Bonchev–Trinajstić information content (AvgIpc) is 3.29. The Kier molecular flexibility index (Phi) is 6.04. The van der Waals surface area contributed by atoms with E-state index in [1.807, 2.05) is 10.8 Å². The van der Waals surface area contributed by atoms with Gasteiger partial charge in [-0.3, -0.25) is 9.69 Å². The number of nitrogens with zero attached hydrogens (tertiary/aromatic N) is 3. The van der Waals surface area contributed by atoms with Gasteiger partial charge in [-0.05, 0) is 38.1 Å². The molecule has 5 nitrogen and oxygen atoms in total. The SMILES string of the molecule is O=C(CCn1ccnc1)NC[C@@H](c1c(F)cccc1Cl)N1CCCC1. The Bertz CT molecular complexity index is 681. The zero-order chi connectivity index (χ0) is 17.6. The van der Waals surface area contributed by atoms with Gasteiger partial charge in [-0.15, -0.1) is 0 Å². The van der Waals surface area contributed by atoms with Crippen molar-refractivity contribution in [3.8, 4) is 0 Å². The largest absolute Gasteiger partial charge is 0.354 e. The molecule has 134 valence electrons. The van der Waals surface area contributed by atoms with Crippen molar-refractivity contribution in [2.24, 2.45) is 0 Å². The van der Waals surface area contributed by atoms with Crippen molar-refractivity contribution in [2.45, 2.75) is 31.8 Å². The number of benzene rings is 1. The third kappa shape index (κ3) is 4.58. The van der Waals surface area contributed by atoms with Gasteiger partial charge < -0.3 is 9.88 Å². The number of nitrogens with one attached hydrogen (secondary N) is 1. The van der Waals surface area contributed by atoms with E-state index in [0.717, 1.165) is 25.9 Å². The third-order valence-electron chi connectivity index (χ3n) is 4.56. The fraction of sp³-hybridized carbons (Fsp3) is 0.444. The van der Waals surface area contributed by atoms with E-state index in [1.54, 1.807) is 24.7 Å². The predicted octanol–water partition coefficient (Wildman–Crippen LogP) is 3.02. The van der Waals surface area contributed by atoms with Crippen LogP contribution in [0.15, 0.2) is 36.9 Å². The molecular formula is C18H22ClFN4O. The van der Waals surface area contributed by atoms with Crippen LogP contribution in [0.25, 0.3) is 0 Å². The smallest absolute Gasteiger partial charge is 0.221 e. The summed E-state index contributed by atoms with van der Waals surface area (Å²) in [5, 5.41) is 3.34. The number of amides is 1. The van der Waals surface area contributed by atoms with Crippen LogP contribution in [0, 0.1) is 5.82 Å². The van der Waals surface area contributed by atoms with Crippen molar-refractivity contribution < 1.29 is 9.18 Å². The van der Waals surface area contributed by atoms with E-state index in [0.29, 0.717) is 30.1 Å². The minimum Gasteiger partial charge on any atom is -0.354 e. The molecule has 1 aliphatic rings. The fourth-order valence-electron chi connectivity index (χ4n) is 3.24. The molecule has 1 aliphatic heterocycles. The summed E-state index contributed by atoms with van der Waals surface area (Å²) in [4.78, 5) is 18.3. The lowest BCUT2D eigenvalue weighted by molar-refractivity contribution is -0.121. The van der Waals surface area contributed by atoms with Crippen LogP contribution < -0.4 is 5.32 Å². The number of hydrogen-bond donors (Lipinski definition) is 1. The zero-order valence-electron chi connectivity index (χ0n) is 14.0. The molecule has 1 aromatic carbocycles. The fourth-order valence-corrected chi connectivity index (χ4v) is 3.53. The van der Waals surface area contributed by atoms with Crippen molar-refractivity contribution in [1.29, 1.82) is 0 Å². The summed E-state index contributed by atoms with van der Waals surface area (Å²) in [6, 6.07) is 4.48. The number of aromatic nitrogens is 2. The van der Waals surface area contributed by atoms with Gasteiger partial charge in [0.2, 0.25) is 5.91 Å². The maximum Gasteiger partial charge on any atom is 0.221 e. The highest BCUT2D eigenvalue weighted by molar-refractivity contribution is 6.31. The monoisotopic (exact) mass is 364 g/mol. The molecule has 7 heteroatoms. The Morgan fingerprint density at radius 2 is 2.16 bits per heavy atom. The molecule has 0 aliphatic carbocycles. The molecule has 0 spiro atoms. The number of hydrogen-bond acceptors (Lipinski definition) is 3. The first kappa shape index (κ1) is 17.9. The molecule has 0 radical (unpaired) electrons. The number of carbonyl (C=O) groups is 1.